The lowest BCUT2D eigenvalue weighted by Crippen LogP contribution is -2.15. The fourth-order valence-corrected chi connectivity index (χ4v) is 5.58. The lowest BCUT2D eigenvalue weighted by Gasteiger charge is -2.25. The van der Waals surface area contributed by atoms with E-state index in [4.69, 9.17) is 0 Å². The molecule has 0 heterocycles. The highest BCUT2D eigenvalue weighted by molar-refractivity contribution is 6.64. The average Bonchev–Trinajstić information content (AvgIpc) is 2.10. The van der Waals surface area contributed by atoms with Gasteiger partial charge >= 0.3 is 0 Å². The minimum atomic E-state index is -0.573. The Morgan fingerprint density at radius 2 is 1.53 bits per heavy atom. The van der Waals surface area contributed by atoms with Crippen LogP contribution in [0, 0.1) is 11.8 Å². The molecular formula is C14H29Al-. The second kappa shape index (κ2) is 9.50. The molecule has 89 valence electrons. The molecule has 0 spiro atoms. The van der Waals surface area contributed by atoms with Gasteiger partial charge in [0.25, 0.3) is 0 Å². The molecule has 0 aliphatic heterocycles. The molecule has 0 atom stereocenters. The molecule has 0 unspecified atom stereocenters. The van der Waals surface area contributed by atoms with Crippen LogP contribution in [0.3, 0.4) is 0 Å². The highest BCUT2D eigenvalue weighted by Crippen LogP contribution is 2.15. The maximum absolute atomic E-state index is 2.61. The van der Waals surface area contributed by atoms with Crippen molar-refractivity contribution in [1.29, 1.82) is 0 Å². The van der Waals surface area contributed by atoms with Gasteiger partial charge in [0, 0.05) is 0 Å². The fraction of sp³-hybridized carbons (Fsp3) is 0.857. The summed E-state index contributed by atoms with van der Waals surface area (Å²) in [4.78, 5) is 2.61. The summed E-state index contributed by atoms with van der Waals surface area (Å²) in [6.45, 7) is 11.7. The summed E-state index contributed by atoms with van der Waals surface area (Å²) in [7, 11) is 0. The molecule has 0 aliphatic rings. The molecular weight excluding hydrogens is 195 g/mol. The molecule has 0 saturated carbocycles. The number of unbranched alkanes of at least 4 members (excludes halogenated alkanes) is 2. The van der Waals surface area contributed by atoms with Crippen LogP contribution in [0.4, 0.5) is 0 Å². The predicted molar refractivity (Wildman–Crippen MR) is 73.7 cm³/mol. The van der Waals surface area contributed by atoms with Crippen molar-refractivity contribution in [1.82, 2.24) is 0 Å². The molecule has 0 aromatic rings. The maximum atomic E-state index is 2.61. The van der Waals surface area contributed by atoms with E-state index in [0.29, 0.717) is 0 Å². The smallest absolute Gasteiger partial charge is 0.00486 e. The normalized spacial score (nSPS) is 12.5. The van der Waals surface area contributed by atoms with Gasteiger partial charge in [-0.1, -0.05) is 59.3 Å². The molecule has 0 fully saturated rings. The van der Waals surface area contributed by atoms with Crippen molar-refractivity contribution < 1.29 is 0 Å². The molecule has 0 nitrogen and oxygen atoms in total. The van der Waals surface area contributed by atoms with E-state index in [1.807, 2.05) is 0 Å². The first-order chi connectivity index (χ1) is 7.06. The minimum absolute atomic E-state index is 0.573. The third-order valence-electron chi connectivity index (χ3n) is 2.68. The van der Waals surface area contributed by atoms with Gasteiger partial charge in [-0.25, -0.2) is 10.6 Å². The van der Waals surface area contributed by atoms with Gasteiger partial charge in [0.1, 0.15) is 0 Å². The highest BCUT2D eigenvalue weighted by atomic mass is 27.2. The van der Waals surface area contributed by atoms with Crippen molar-refractivity contribution in [3.8, 4) is 0 Å². The van der Waals surface area contributed by atoms with E-state index in [1.165, 1.54) is 29.8 Å². The monoisotopic (exact) mass is 224 g/mol. The molecule has 0 aromatic heterocycles. The summed E-state index contributed by atoms with van der Waals surface area (Å²) in [5.41, 5.74) is 0. The SMILES string of the molecule is CCCC/C=[CH]/[Al-]([CH2]C(C)C)[CH2]C(C)C. The molecule has 15 heavy (non-hydrogen) atoms. The van der Waals surface area contributed by atoms with Gasteiger partial charge in [0.2, 0.25) is 0 Å². The summed E-state index contributed by atoms with van der Waals surface area (Å²) in [5, 5.41) is 2.97. The van der Waals surface area contributed by atoms with Gasteiger partial charge in [0.15, 0.2) is 0 Å². The van der Waals surface area contributed by atoms with E-state index in [2.05, 4.69) is 45.6 Å². The Bertz CT molecular complexity index is 149. The first-order valence-electron chi connectivity index (χ1n) is 6.72. The molecule has 1 heteroatoms. The van der Waals surface area contributed by atoms with Crippen molar-refractivity contribution >= 4 is 14.1 Å². The van der Waals surface area contributed by atoms with Gasteiger partial charge in [-0.3, -0.25) is 0 Å². The Hall–Kier alpha value is 0.272. The Kier molecular flexibility index (Phi) is 9.67. The van der Waals surface area contributed by atoms with Crippen molar-refractivity contribution in [2.75, 3.05) is 0 Å². The Balaban J connectivity index is 3.93. The van der Waals surface area contributed by atoms with Crippen LogP contribution in [0.5, 0.6) is 0 Å². The quantitative estimate of drug-likeness (QED) is 0.398. The molecule has 0 aliphatic carbocycles. The standard InChI is InChI=1S/C6H11.2C4H9.Al/c1-3-5-6-4-2;2*1-4(2)3;/h1,3H,4-6H2,2H3;2*4H,1H2,2-3H3;/q;;;-1. The molecule has 0 amide bonds. The molecule has 0 rings (SSSR count). The second-order valence-corrected chi connectivity index (χ2v) is 8.44. The van der Waals surface area contributed by atoms with E-state index >= 15 is 0 Å². The first kappa shape index (κ1) is 15.3. The number of hydrogen-bond acceptors (Lipinski definition) is 0. The van der Waals surface area contributed by atoms with E-state index < -0.39 is 14.1 Å². The Morgan fingerprint density at radius 3 is 1.93 bits per heavy atom. The zero-order valence-corrected chi connectivity index (χ0v) is 12.6. The largest absolute Gasteiger partial charge is 0.306 e. The third kappa shape index (κ3) is 10.6. The first-order valence-corrected chi connectivity index (χ1v) is 9.02. The van der Waals surface area contributed by atoms with Gasteiger partial charge in [-0.05, 0) is 20.6 Å². The van der Waals surface area contributed by atoms with Crippen LogP contribution < -0.4 is 0 Å². The van der Waals surface area contributed by atoms with Crippen LogP contribution in [-0.2, 0) is 0 Å². The van der Waals surface area contributed by atoms with Crippen molar-refractivity contribution in [2.45, 2.75) is 64.4 Å². The minimum Gasteiger partial charge on any atom is -0.306 e. The summed E-state index contributed by atoms with van der Waals surface area (Å²) in [6, 6.07) is 0. The number of hydrogen-bond donors (Lipinski definition) is 0. The molecule has 0 bridgehead atoms. The molecule has 0 aromatic carbocycles. The van der Waals surface area contributed by atoms with Gasteiger partial charge in [-0.2, -0.15) is 0 Å². The summed E-state index contributed by atoms with van der Waals surface area (Å²) in [5.74, 6) is 1.77. The predicted octanol–water partition coefficient (Wildman–Crippen LogP) is 5.08. The summed E-state index contributed by atoms with van der Waals surface area (Å²) < 4.78 is 0. The van der Waals surface area contributed by atoms with Crippen LogP contribution in [0.25, 0.3) is 0 Å². The Labute approximate surface area is 102 Å². The van der Waals surface area contributed by atoms with Crippen LogP contribution in [0.2, 0.25) is 10.6 Å². The van der Waals surface area contributed by atoms with Crippen LogP contribution in [-0.4, -0.2) is 14.1 Å². The third-order valence-corrected chi connectivity index (χ3v) is 6.59. The zero-order chi connectivity index (χ0) is 11.7. The molecule has 0 saturated heterocycles. The van der Waals surface area contributed by atoms with Gasteiger partial charge in [0.05, 0.1) is 0 Å². The van der Waals surface area contributed by atoms with Crippen LogP contribution >= 0.6 is 0 Å². The zero-order valence-electron chi connectivity index (χ0n) is 11.4. The molecule has 0 N–H and O–H groups in total. The number of allylic oxidation sites excluding steroid dienone is 1. The van der Waals surface area contributed by atoms with Crippen LogP contribution in [0.15, 0.2) is 11.0 Å². The average molecular weight is 224 g/mol. The topological polar surface area (TPSA) is 0 Å². The lowest BCUT2D eigenvalue weighted by molar-refractivity contribution is 0.694. The van der Waals surface area contributed by atoms with E-state index in [9.17, 15) is 0 Å². The van der Waals surface area contributed by atoms with Crippen LogP contribution in [0.1, 0.15) is 53.9 Å². The lowest BCUT2D eigenvalue weighted by atomic mass is 10.2. The maximum Gasteiger partial charge on any atom is -0.00486 e. The summed E-state index contributed by atoms with van der Waals surface area (Å²) >= 11 is -0.573. The molecule has 1 radical (unpaired) electrons. The van der Waals surface area contributed by atoms with E-state index in [0.717, 1.165) is 11.8 Å². The highest BCUT2D eigenvalue weighted by Gasteiger charge is 2.01. The van der Waals surface area contributed by atoms with Gasteiger partial charge < -0.3 is 4.94 Å². The Morgan fingerprint density at radius 1 is 1.00 bits per heavy atom. The van der Waals surface area contributed by atoms with Gasteiger partial charge in [-0.15, -0.1) is 6.08 Å². The second-order valence-electron chi connectivity index (χ2n) is 5.59. The van der Waals surface area contributed by atoms with Crippen molar-refractivity contribution in [3.63, 3.8) is 0 Å². The van der Waals surface area contributed by atoms with Crippen molar-refractivity contribution in [2.24, 2.45) is 11.8 Å². The van der Waals surface area contributed by atoms with Crippen molar-refractivity contribution in [3.05, 3.63) is 11.0 Å². The van der Waals surface area contributed by atoms with E-state index in [1.54, 1.807) is 0 Å². The number of rotatable bonds is 8. The fourth-order valence-electron chi connectivity index (χ4n) is 2.08. The van der Waals surface area contributed by atoms with E-state index in [-0.39, 0.29) is 0 Å². The summed E-state index contributed by atoms with van der Waals surface area (Å²) in [6.07, 6.45) is 6.45.